The van der Waals surface area contributed by atoms with Gasteiger partial charge in [-0.05, 0) is 0 Å². The molecule has 0 aromatic carbocycles. The average molecular weight is 270 g/mol. The van der Waals surface area contributed by atoms with Crippen LogP contribution in [0.3, 0.4) is 0 Å². The molecule has 5 N–H and O–H groups in total. The molecule has 0 bridgehead atoms. The van der Waals surface area contributed by atoms with Crippen molar-refractivity contribution in [2.45, 2.75) is 0 Å². The predicted octanol–water partition coefficient (Wildman–Crippen LogP) is -1.15. The molecule has 0 atom stereocenters. The quantitative estimate of drug-likeness (QED) is 0.289. The van der Waals surface area contributed by atoms with E-state index in [1.54, 1.807) is 14.1 Å². The van der Waals surface area contributed by atoms with Gasteiger partial charge >= 0.3 is 12.0 Å². The summed E-state index contributed by atoms with van der Waals surface area (Å²) in [6.45, 7) is 0.882. The lowest BCUT2D eigenvalue weighted by Crippen LogP contribution is -2.37. The molecule has 0 saturated carbocycles. The Balaban J connectivity index is 2.46. The number of carbonyl (C=O) groups is 1. The van der Waals surface area contributed by atoms with Gasteiger partial charge in [0.1, 0.15) is 0 Å². The number of aromatic nitrogens is 3. The van der Waals surface area contributed by atoms with Gasteiger partial charge < -0.3 is 20.3 Å². The molecule has 1 heterocycles. The standard InChI is InChI=1S/C9H18N8O2/c1-17(2)9(18)12-5-4-11-6-13-7(16-10)15-8(14-6)19-3/h4-5,10H2,1-3H3,(H,12,18)(H2,11,13,14,15,16). The molecule has 0 unspecified atom stereocenters. The first-order valence-electron chi connectivity index (χ1n) is 5.52. The van der Waals surface area contributed by atoms with Gasteiger partial charge in [-0.2, -0.15) is 15.0 Å². The van der Waals surface area contributed by atoms with Crippen molar-refractivity contribution in [2.24, 2.45) is 5.84 Å². The summed E-state index contributed by atoms with van der Waals surface area (Å²) in [5.74, 6) is 5.71. The van der Waals surface area contributed by atoms with Crippen molar-refractivity contribution in [3.63, 3.8) is 0 Å². The number of urea groups is 1. The van der Waals surface area contributed by atoms with Crippen molar-refractivity contribution < 1.29 is 9.53 Å². The molecule has 1 aromatic rings. The van der Waals surface area contributed by atoms with Crippen molar-refractivity contribution in [1.29, 1.82) is 0 Å². The van der Waals surface area contributed by atoms with Gasteiger partial charge in [-0.25, -0.2) is 10.6 Å². The summed E-state index contributed by atoms with van der Waals surface area (Å²) in [5.41, 5.74) is 2.31. The van der Waals surface area contributed by atoms with Crippen LogP contribution < -0.4 is 26.6 Å². The fourth-order valence-corrected chi connectivity index (χ4v) is 1.09. The van der Waals surface area contributed by atoms with E-state index in [0.717, 1.165) is 0 Å². The highest BCUT2D eigenvalue weighted by atomic mass is 16.5. The van der Waals surface area contributed by atoms with E-state index >= 15 is 0 Å². The summed E-state index contributed by atoms with van der Waals surface area (Å²) in [7, 11) is 4.77. The molecule has 2 amide bonds. The summed E-state index contributed by atoms with van der Waals surface area (Å²) in [4.78, 5) is 24.5. The van der Waals surface area contributed by atoms with Gasteiger partial charge in [0.2, 0.25) is 11.9 Å². The summed E-state index contributed by atoms with van der Waals surface area (Å²) in [5, 5.41) is 5.61. The smallest absolute Gasteiger partial charge is 0.322 e. The molecule has 0 radical (unpaired) electrons. The third kappa shape index (κ3) is 4.79. The van der Waals surface area contributed by atoms with Crippen LogP contribution in [0.1, 0.15) is 0 Å². The van der Waals surface area contributed by atoms with Crippen LogP contribution in [-0.4, -0.2) is 60.2 Å². The summed E-state index contributed by atoms with van der Waals surface area (Å²) in [6.07, 6.45) is 0. The monoisotopic (exact) mass is 270 g/mol. The van der Waals surface area contributed by atoms with Crippen molar-refractivity contribution in [3.8, 4) is 6.01 Å². The Morgan fingerprint density at radius 3 is 2.53 bits per heavy atom. The van der Waals surface area contributed by atoms with Crippen molar-refractivity contribution in [3.05, 3.63) is 0 Å². The number of hydrazine groups is 1. The Kier molecular flexibility index (Phi) is 5.54. The second kappa shape index (κ2) is 7.16. The molecule has 0 aliphatic heterocycles. The Hall–Kier alpha value is -2.36. The largest absolute Gasteiger partial charge is 0.467 e. The molecule has 106 valence electrons. The Morgan fingerprint density at radius 2 is 1.95 bits per heavy atom. The van der Waals surface area contributed by atoms with Crippen molar-refractivity contribution in [2.75, 3.05) is 45.0 Å². The normalized spacial score (nSPS) is 9.68. The molecule has 10 heteroatoms. The van der Waals surface area contributed by atoms with Gasteiger partial charge in [0.15, 0.2) is 0 Å². The van der Waals surface area contributed by atoms with Crippen LogP contribution in [-0.2, 0) is 0 Å². The Morgan fingerprint density at radius 1 is 1.26 bits per heavy atom. The Labute approximate surface area is 110 Å². The number of carbonyl (C=O) groups excluding carboxylic acids is 1. The lowest BCUT2D eigenvalue weighted by molar-refractivity contribution is 0.218. The first-order valence-corrected chi connectivity index (χ1v) is 5.52. The lowest BCUT2D eigenvalue weighted by Gasteiger charge is -2.12. The van der Waals surface area contributed by atoms with Gasteiger partial charge in [0, 0.05) is 27.2 Å². The van der Waals surface area contributed by atoms with E-state index in [-0.39, 0.29) is 18.0 Å². The number of anilines is 2. The Bertz CT molecular complexity index is 402. The lowest BCUT2D eigenvalue weighted by atomic mass is 10.6. The number of amides is 2. The maximum Gasteiger partial charge on any atom is 0.322 e. The number of nitrogens with two attached hydrogens (primary N) is 1. The zero-order valence-electron chi connectivity index (χ0n) is 11.1. The first-order chi connectivity index (χ1) is 9.06. The molecular weight excluding hydrogens is 252 g/mol. The second-order valence-corrected chi connectivity index (χ2v) is 3.67. The summed E-state index contributed by atoms with van der Waals surface area (Å²) < 4.78 is 4.90. The van der Waals surface area contributed by atoms with E-state index in [9.17, 15) is 4.79 Å². The number of nitrogen functional groups attached to an aromatic ring is 1. The van der Waals surface area contributed by atoms with Gasteiger partial charge in [0.25, 0.3) is 0 Å². The van der Waals surface area contributed by atoms with Crippen LogP contribution in [0, 0.1) is 0 Å². The van der Waals surface area contributed by atoms with Gasteiger partial charge in [-0.15, -0.1) is 0 Å². The molecule has 0 aliphatic rings. The van der Waals surface area contributed by atoms with E-state index in [4.69, 9.17) is 10.6 Å². The predicted molar refractivity (Wildman–Crippen MR) is 69.8 cm³/mol. The second-order valence-electron chi connectivity index (χ2n) is 3.67. The molecule has 0 spiro atoms. The van der Waals surface area contributed by atoms with E-state index in [1.807, 2.05) is 0 Å². The van der Waals surface area contributed by atoms with E-state index < -0.39 is 0 Å². The maximum atomic E-state index is 11.3. The van der Waals surface area contributed by atoms with Crippen LogP contribution in [0.4, 0.5) is 16.7 Å². The molecule has 1 rings (SSSR count). The third-order valence-electron chi connectivity index (χ3n) is 2.02. The molecule has 0 aliphatic carbocycles. The molecule has 0 fully saturated rings. The van der Waals surface area contributed by atoms with Crippen LogP contribution in [0.5, 0.6) is 6.01 Å². The van der Waals surface area contributed by atoms with Crippen LogP contribution in [0.2, 0.25) is 0 Å². The minimum absolute atomic E-state index is 0.141. The van der Waals surface area contributed by atoms with Crippen molar-refractivity contribution in [1.82, 2.24) is 25.2 Å². The van der Waals surface area contributed by atoms with Crippen molar-refractivity contribution >= 4 is 17.9 Å². The first kappa shape index (κ1) is 14.7. The molecule has 19 heavy (non-hydrogen) atoms. The number of rotatable bonds is 6. The summed E-state index contributed by atoms with van der Waals surface area (Å²) in [6, 6.07) is -0.0258. The SMILES string of the molecule is COc1nc(NN)nc(NCCNC(=O)N(C)C)n1. The highest BCUT2D eigenvalue weighted by molar-refractivity contribution is 5.73. The zero-order valence-corrected chi connectivity index (χ0v) is 11.1. The summed E-state index contributed by atoms with van der Waals surface area (Å²) >= 11 is 0. The average Bonchev–Trinajstić information content (AvgIpc) is 2.42. The van der Waals surface area contributed by atoms with Gasteiger partial charge in [0.05, 0.1) is 7.11 Å². The maximum absolute atomic E-state index is 11.3. The number of nitrogens with zero attached hydrogens (tertiary/aromatic N) is 4. The van der Waals surface area contributed by atoms with Crippen LogP contribution in [0.15, 0.2) is 0 Å². The number of nitrogens with one attached hydrogen (secondary N) is 3. The molecular formula is C9H18N8O2. The number of hydrogen-bond acceptors (Lipinski definition) is 8. The molecule has 0 saturated heterocycles. The fraction of sp³-hybridized carbons (Fsp3) is 0.556. The van der Waals surface area contributed by atoms with E-state index in [2.05, 4.69) is 31.0 Å². The minimum atomic E-state index is -0.167. The molecule has 1 aromatic heterocycles. The highest BCUT2D eigenvalue weighted by Gasteiger charge is 2.06. The number of ether oxygens (including phenoxy) is 1. The van der Waals surface area contributed by atoms with Crippen LogP contribution >= 0.6 is 0 Å². The zero-order chi connectivity index (χ0) is 14.3. The van der Waals surface area contributed by atoms with E-state index in [1.165, 1.54) is 12.0 Å². The fourth-order valence-electron chi connectivity index (χ4n) is 1.09. The number of hydrogen-bond donors (Lipinski definition) is 4. The van der Waals surface area contributed by atoms with Gasteiger partial charge in [-0.3, -0.25) is 5.43 Å². The highest BCUT2D eigenvalue weighted by Crippen LogP contribution is 2.08. The topological polar surface area (TPSA) is 130 Å². The van der Waals surface area contributed by atoms with E-state index in [0.29, 0.717) is 19.0 Å². The minimum Gasteiger partial charge on any atom is -0.467 e. The van der Waals surface area contributed by atoms with Gasteiger partial charge in [-0.1, -0.05) is 0 Å². The number of methoxy groups -OCH3 is 1. The third-order valence-corrected chi connectivity index (χ3v) is 2.02. The molecule has 10 nitrogen and oxygen atoms in total. The van der Waals surface area contributed by atoms with Crippen LogP contribution in [0.25, 0.3) is 0 Å².